The van der Waals surface area contributed by atoms with Crippen molar-refractivity contribution in [3.8, 4) is 0 Å². The molecule has 2 aliphatic rings. The molecule has 0 bridgehead atoms. The molecule has 2 saturated heterocycles. The van der Waals surface area contributed by atoms with Crippen LogP contribution in [0.15, 0.2) is 59.5 Å². The van der Waals surface area contributed by atoms with E-state index in [1.807, 2.05) is 42.3 Å². The average Bonchev–Trinajstić information content (AvgIpc) is 3.12. The summed E-state index contributed by atoms with van der Waals surface area (Å²) in [5.41, 5.74) is 0.343. The lowest BCUT2D eigenvalue weighted by atomic mass is 9.92. The lowest BCUT2D eigenvalue weighted by Gasteiger charge is -2.46. The monoisotopic (exact) mass is 403 g/mol. The summed E-state index contributed by atoms with van der Waals surface area (Å²) in [5.74, 6) is -0.587. The number of hydrogen-bond acceptors (Lipinski definition) is 4. The van der Waals surface area contributed by atoms with Crippen LogP contribution in [0.5, 0.6) is 0 Å². The molecule has 1 atom stereocenters. The van der Waals surface area contributed by atoms with E-state index < -0.39 is 21.4 Å². The summed E-state index contributed by atoms with van der Waals surface area (Å²) >= 11 is 0. The summed E-state index contributed by atoms with van der Waals surface area (Å²) in [6.07, 6.45) is 0.606. The molecular weight excluding hydrogens is 381 g/mol. The van der Waals surface area contributed by atoms with Crippen molar-refractivity contribution in [1.82, 2.24) is 9.21 Å². The highest BCUT2D eigenvalue weighted by atomic mass is 32.2. The second-order valence-corrected chi connectivity index (χ2v) is 9.38. The van der Waals surface area contributed by atoms with Gasteiger partial charge in [0, 0.05) is 25.3 Å². The molecule has 2 heterocycles. The molecule has 28 heavy (non-hydrogen) atoms. The van der Waals surface area contributed by atoms with Gasteiger partial charge in [-0.2, -0.15) is 4.31 Å². The Bertz CT molecular complexity index is 999. The Balaban J connectivity index is 1.61. The minimum absolute atomic E-state index is 0.00855. The number of halogens is 1. The highest BCUT2D eigenvalue weighted by Gasteiger charge is 2.50. The highest BCUT2D eigenvalue weighted by molar-refractivity contribution is 7.89. The second kappa shape index (κ2) is 6.95. The van der Waals surface area contributed by atoms with E-state index in [0.29, 0.717) is 19.5 Å². The minimum atomic E-state index is -3.79. The fourth-order valence-electron chi connectivity index (χ4n) is 4.04. The SMILES string of the molecule is CN1CC(=O)N(c2ccccc2)CC12CCN(S(=O)(=O)c1cccc(F)c1)C2. The van der Waals surface area contributed by atoms with Gasteiger partial charge in [0.15, 0.2) is 0 Å². The van der Waals surface area contributed by atoms with Crippen molar-refractivity contribution in [2.24, 2.45) is 0 Å². The van der Waals surface area contributed by atoms with Crippen molar-refractivity contribution in [2.75, 3.05) is 38.1 Å². The Hall–Kier alpha value is -2.29. The normalized spacial score (nSPS) is 24.2. The number of likely N-dealkylation sites (N-methyl/N-ethyl adjacent to an activating group) is 1. The third kappa shape index (κ3) is 3.21. The maximum atomic E-state index is 13.5. The number of para-hydroxylation sites is 1. The summed E-state index contributed by atoms with van der Waals surface area (Å²) in [6, 6.07) is 14.5. The Morgan fingerprint density at radius 2 is 1.79 bits per heavy atom. The Morgan fingerprint density at radius 1 is 1.04 bits per heavy atom. The Morgan fingerprint density at radius 3 is 2.50 bits per heavy atom. The van der Waals surface area contributed by atoms with Crippen molar-refractivity contribution < 1.29 is 17.6 Å². The molecule has 8 heteroatoms. The quantitative estimate of drug-likeness (QED) is 0.786. The maximum Gasteiger partial charge on any atom is 0.243 e. The number of benzene rings is 2. The maximum absolute atomic E-state index is 13.5. The third-order valence-corrected chi connectivity index (χ3v) is 7.58. The predicted octanol–water partition coefficient (Wildman–Crippen LogP) is 1.94. The first-order chi connectivity index (χ1) is 13.3. The molecule has 0 radical (unpaired) electrons. The van der Waals surface area contributed by atoms with E-state index in [1.165, 1.54) is 22.5 Å². The van der Waals surface area contributed by atoms with Crippen LogP contribution in [0.4, 0.5) is 10.1 Å². The number of sulfonamides is 1. The van der Waals surface area contributed by atoms with Crippen LogP contribution in [-0.4, -0.2) is 62.3 Å². The first-order valence-electron chi connectivity index (χ1n) is 9.14. The van der Waals surface area contributed by atoms with Crippen molar-refractivity contribution >= 4 is 21.6 Å². The number of carbonyl (C=O) groups excluding carboxylic acids is 1. The number of carbonyl (C=O) groups is 1. The van der Waals surface area contributed by atoms with Gasteiger partial charge in [0.2, 0.25) is 15.9 Å². The third-order valence-electron chi connectivity index (χ3n) is 5.73. The van der Waals surface area contributed by atoms with E-state index in [-0.39, 0.29) is 23.9 Å². The van der Waals surface area contributed by atoms with Gasteiger partial charge in [0.1, 0.15) is 5.82 Å². The van der Waals surface area contributed by atoms with E-state index in [0.717, 1.165) is 11.8 Å². The van der Waals surface area contributed by atoms with E-state index in [9.17, 15) is 17.6 Å². The first kappa shape index (κ1) is 19.0. The van der Waals surface area contributed by atoms with Gasteiger partial charge in [-0.05, 0) is 43.8 Å². The molecule has 1 unspecified atom stereocenters. The van der Waals surface area contributed by atoms with Gasteiger partial charge in [-0.25, -0.2) is 12.8 Å². The van der Waals surface area contributed by atoms with Gasteiger partial charge in [0.25, 0.3) is 0 Å². The highest BCUT2D eigenvalue weighted by Crippen LogP contribution is 2.35. The number of nitrogens with zero attached hydrogens (tertiary/aromatic N) is 3. The van der Waals surface area contributed by atoms with Crippen LogP contribution in [0.2, 0.25) is 0 Å². The molecule has 0 aliphatic carbocycles. The van der Waals surface area contributed by atoms with E-state index >= 15 is 0 Å². The molecule has 1 spiro atoms. The lowest BCUT2D eigenvalue weighted by molar-refractivity contribution is -0.123. The molecule has 2 aromatic rings. The molecule has 2 aliphatic heterocycles. The molecule has 0 saturated carbocycles. The number of hydrogen-bond donors (Lipinski definition) is 0. The van der Waals surface area contributed by atoms with Crippen molar-refractivity contribution in [2.45, 2.75) is 16.9 Å². The molecule has 1 amide bonds. The molecule has 148 valence electrons. The van der Waals surface area contributed by atoms with Crippen LogP contribution in [0.25, 0.3) is 0 Å². The molecule has 4 rings (SSSR count). The molecule has 2 fully saturated rings. The van der Waals surface area contributed by atoms with E-state index in [1.54, 1.807) is 4.90 Å². The van der Waals surface area contributed by atoms with Crippen molar-refractivity contribution in [3.05, 3.63) is 60.4 Å². The van der Waals surface area contributed by atoms with Crippen LogP contribution in [0.1, 0.15) is 6.42 Å². The van der Waals surface area contributed by atoms with Gasteiger partial charge in [0.05, 0.1) is 17.0 Å². The molecular formula is C20H22FN3O3S. The van der Waals surface area contributed by atoms with Crippen LogP contribution in [0.3, 0.4) is 0 Å². The first-order valence-corrected chi connectivity index (χ1v) is 10.6. The summed E-state index contributed by atoms with van der Waals surface area (Å²) in [7, 11) is -1.93. The Labute approximate surface area is 164 Å². The summed E-state index contributed by atoms with van der Waals surface area (Å²) < 4.78 is 40.9. The molecule has 6 nitrogen and oxygen atoms in total. The largest absolute Gasteiger partial charge is 0.309 e. The van der Waals surface area contributed by atoms with Crippen molar-refractivity contribution in [1.29, 1.82) is 0 Å². The second-order valence-electron chi connectivity index (χ2n) is 7.44. The van der Waals surface area contributed by atoms with Crippen LogP contribution < -0.4 is 4.90 Å². The topological polar surface area (TPSA) is 60.9 Å². The Kier molecular flexibility index (Phi) is 4.73. The van der Waals surface area contributed by atoms with Crippen molar-refractivity contribution in [3.63, 3.8) is 0 Å². The molecule has 0 aromatic heterocycles. The van der Waals surface area contributed by atoms with Crippen LogP contribution in [0, 0.1) is 5.82 Å². The van der Waals surface area contributed by atoms with E-state index in [4.69, 9.17) is 0 Å². The van der Waals surface area contributed by atoms with Gasteiger partial charge in [-0.15, -0.1) is 0 Å². The summed E-state index contributed by atoms with van der Waals surface area (Å²) in [5, 5.41) is 0. The van der Waals surface area contributed by atoms with Gasteiger partial charge in [-0.1, -0.05) is 24.3 Å². The molecule has 0 N–H and O–H groups in total. The zero-order valence-corrected chi connectivity index (χ0v) is 16.4. The van der Waals surface area contributed by atoms with Gasteiger partial charge in [-0.3, -0.25) is 9.69 Å². The number of amides is 1. The fraction of sp³-hybridized carbons (Fsp3) is 0.350. The minimum Gasteiger partial charge on any atom is -0.309 e. The number of anilines is 1. The number of piperazine rings is 1. The fourth-order valence-corrected chi connectivity index (χ4v) is 5.60. The summed E-state index contributed by atoms with van der Waals surface area (Å²) in [4.78, 5) is 16.2. The van der Waals surface area contributed by atoms with Gasteiger partial charge >= 0.3 is 0 Å². The zero-order chi connectivity index (χ0) is 19.9. The zero-order valence-electron chi connectivity index (χ0n) is 15.6. The van der Waals surface area contributed by atoms with Gasteiger partial charge < -0.3 is 4.90 Å². The lowest BCUT2D eigenvalue weighted by Crippen LogP contribution is -2.64. The smallest absolute Gasteiger partial charge is 0.243 e. The van der Waals surface area contributed by atoms with E-state index in [2.05, 4.69) is 0 Å². The van der Waals surface area contributed by atoms with Crippen LogP contribution in [-0.2, 0) is 14.8 Å². The summed E-state index contributed by atoms with van der Waals surface area (Å²) in [6.45, 7) is 1.24. The number of rotatable bonds is 3. The average molecular weight is 403 g/mol. The van der Waals surface area contributed by atoms with Crippen LogP contribution >= 0.6 is 0 Å². The predicted molar refractivity (Wildman–Crippen MR) is 104 cm³/mol. The molecule has 2 aromatic carbocycles. The standard InChI is InChI=1S/C20H22FN3O3S/c1-22-13-19(25)24(17-7-3-2-4-8-17)15-20(22)10-11-23(14-20)28(26,27)18-9-5-6-16(21)12-18/h2-9,12H,10-11,13-15H2,1H3.